The van der Waals surface area contributed by atoms with Crippen molar-refractivity contribution in [3.05, 3.63) is 0 Å². The monoisotopic (exact) mass is 228 g/mol. The highest BCUT2D eigenvalue weighted by Crippen LogP contribution is 2.28. The molecule has 1 aliphatic rings. The van der Waals surface area contributed by atoms with Gasteiger partial charge in [0.1, 0.15) is 0 Å². The van der Waals surface area contributed by atoms with Crippen LogP contribution in [0, 0.1) is 5.41 Å². The summed E-state index contributed by atoms with van der Waals surface area (Å²) in [7, 11) is 0. The van der Waals surface area contributed by atoms with E-state index in [-0.39, 0.29) is 11.3 Å². The third kappa shape index (κ3) is 4.94. The number of hydrogen-bond donors (Lipinski definition) is 2. The standard InChI is InChI=1S/C12H24N2O2/c1-11(2,13)8-10(15)14-9-12(3)4-6-16-7-5-12/h4-9,13H2,1-3H3,(H,14,15). The molecule has 0 aromatic carbocycles. The van der Waals surface area contributed by atoms with E-state index in [0.29, 0.717) is 6.42 Å². The summed E-state index contributed by atoms with van der Waals surface area (Å²) in [5.41, 5.74) is 5.55. The van der Waals surface area contributed by atoms with Crippen LogP contribution >= 0.6 is 0 Å². The van der Waals surface area contributed by atoms with Crippen LogP contribution in [-0.2, 0) is 9.53 Å². The van der Waals surface area contributed by atoms with Crippen molar-refractivity contribution in [2.75, 3.05) is 19.8 Å². The number of rotatable bonds is 4. The maximum absolute atomic E-state index is 11.6. The number of amides is 1. The zero-order valence-corrected chi connectivity index (χ0v) is 10.6. The lowest BCUT2D eigenvalue weighted by molar-refractivity contribution is -0.122. The third-order valence-electron chi connectivity index (χ3n) is 3.03. The Balaban J connectivity index is 2.30. The normalized spacial score (nSPS) is 20.5. The Morgan fingerprint density at radius 2 is 2.00 bits per heavy atom. The summed E-state index contributed by atoms with van der Waals surface area (Å²) in [5.74, 6) is 0.0419. The van der Waals surface area contributed by atoms with E-state index in [1.807, 2.05) is 13.8 Å². The summed E-state index contributed by atoms with van der Waals surface area (Å²) in [5, 5.41) is 2.97. The molecule has 0 bridgehead atoms. The predicted molar refractivity (Wildman–Crippen MR) is 64.1 cm³/mol. The summed E-state index contributed by atoms with van der Waals surface area (Å²) >= 11 is 0. The molecule has 0 aliphatic carbocycles. The molecule has 0 spiro atoms. The van der Waals surface area contributed by atoms with Crippen molar-refractivity contribution in [1.82, 2.24) is 5.32 Å². The van der Waals surface area contributed by atoms with Gasteiger partial charge in [0.05, 0.1) is 0 Å². The van der Waals surface area contributed by atoms with Gasteiger partial charge in [-0.25, -0.2) is 0 Å². The van der Waals surface area contributed by atoms with Gasteiger partial charge in [-0.2, -0.15) is 0 Å². The lowest BCUT2D eigenvalue weighted by Gasteiger charge is -2.33. The topological polar surface area (TPSA) is 64.4 Å². The fourth-order valence-corrected chi connectivity index (χ4v) is 1.83. The van der Waals surface area contributed by atoms with Crippen molar-refractivity contribution in [2.45, 2.75) is 45.6 Å². The minimum Gasteiger partial charge on any atom is -0.381 e. The van der Waals surface area contributed by atoms with Crippen LogP contribution in [0.15, 0.2) is 0 Å². The average molecular weight is 228 g/mol. The molecule has 16 heavy (non-hydrogen) atoms. The molecular formula is C12H24N2O2. The minimum absolute atomic E-state index is 0.0419. The fraction of sp³-hybridized carbons (Fsp3) is 0.917. The van der Waals surface area contributed by atoms with Crippen LogP contribution in [0.5, 0.6) is 0 Å². The molecule has 0 radical (unpaired) electrons. The van der Waals surface area contributed by atoms with E-state index in [1.54, 1.807) is 0 Å². The molecule has 1 aliphatic heterocycles. The predicted octanol–water partition coefficient (Wildman–Crippen LogP) is 1.05. The van der Waals surface area contributed by atoms with E-state index in [1.165, 1.54) is 0 Å². The van der Waals surface area contributed by atoms with Gasteiger partial charge < -0.3 is 15.8 Å². The van der Waals surface area contributed by atoms with Crippen LogP contribution in [0.4, 0.5) is 0 Å². The molecule has 0 unspecified atom stereocenters. The van der Waals surface area contributed by atoms with E-state index in [9.17, 15) is 4.79 Å². The van der Waals surface area contributed by atoms with Gasteiger partial charge in [-0.1, -0.05) is 6.92 Å². The zero-order valence-electron chi connectivity index (χ0n) is 10.6. The van der Waals surface area contributed by atoms with Gasteiger partial charge >= 0.3 is 0 Å². The number of nitrogens with one attached hydrogen (secondary N) is 1. The van der Waals surface area contributed by atoms with Gasteiger partial charge in [-0.3, -0.25) is 4.79 Å². The van der Waals surface area contributed by atoms with E-state index in [4.69, 9.17) is 10.5 Å². The quantitative estimate of drug-likeness (QED) is 0.756. The van der Waals surface area contributed by atoms with E-state index in [2.05, 4.69) is 12.2 Å². The summed E-state index contributed by atoms with van der Waals surface area (Å²) in [6, 6.07) is 0. The molecular weight excluding hydrogens is 204 g/mol. The van der Waals surface area contributed by atoms with Crippen molar-refractivity contribution in [2.24, 2.45) is 11.1 Å². The Labute approximate surface area is 97.9 Å². The SMILES string of the molecule is CC(C)(N)CC(=O)NCC1(C)CCOCC1. The molecule has 4 nitrogen and oxygen atoms in total. The van der Waals surface area contributed by atoms with Crippen LogP contribution in [0.3, 0.4) is 0 Å². The van der Waals surface area contributed by atoms with Gasteiger partial charge in [0.25, 0.3) is 0 Å². The van der Waals surface area contributed by atoms with E-state index in [0.717, 1.165) is 32.6 Å². The van der Waals surface area contributed by atoms with Gasteiger partial charge in [-0.05, 0) is 32.1 Å². The smallest absolute Gasteiger partial charge is 0.221 e. The molecule has 0 aromatic rings. The second-order valence-electron chi connectivity index (χ2n) is 5.87. The Kier molecular flexibility index (Phi) is 4.33. The van der Waals surface area contributed by atoms with Gasteiger partial charge in [0.2, 0.25) is 5.91 Å². The van der Waals surface area contributed by atoms with Crippen molar-refractivity contribution in [3.8, 4) is 0 Å². The van der Waals surface area contributed by atoms with E-state index >= 15 is 0 Å². The molecule has 4 heteroatoms. The first-order chi connectivity index (χ1) is 7.31. The minimum atomic E-state index is -0.430. The largest absolute Gasteiger partial charge is 0.381 e. The maximum Gasteiger partial charge on any atom is 0.221 e. The first-order valence-corrected chi connectivity index (χ1v) is 5.94. The van der Waals surface area contributed by atoms with Crippen molar-refractivity contribution < 1.29 is 9.53 Å². The average Bonchev–Trinajstić information content (AvgIpc) is 2.14. The molecule has 1 saturated heterocycles. The second-order valence-corrected chi connectivity index (χ2v) is 5.87. The number of hydrogen-bond acceptors (Lipinski definition) is 3. The molecule has 1 fully saturated rings. The van der Waals surface area contributed by atoms with Crippen molar-refractivity contribution >= 4 is 5.91 Å². The molecule has 0 saturated carbocycles. The van der Waals surface area contributed by atoms with Crippen LogP contribution in [0.25, 0.3) is 0 Å². The zero-order chi connectivity index (χ0) is 12.2. The lowest BCUT2D eigenvalue weighted by atomic mass is 9.82. The third-order valence-corrected chi connectivity index (χ3v) is 3.03. The molecule has 1 heterocycles. The number of carbonyl (C=O) groups is 1. The fourth-order valence-electron chi connectivity index (χ4n) is 1.83. The molecule has 0 aromatic heterocycles. The van der Waals surface area contributed by atoms with E-state index < -0.39 is 5.54 Å². The molecule has 0 atom stereocenters. The highest BCUT2D eigenvalue weighted by molar-refractivity contribution is 5.77. The number of nitrogens with two attached hydrogens (primary N) is 1. The Bertz CT molecular complexity index is 240. The Morgan fingerprint density at radius 1 is 1.44 bits per heavy atom. The summed E-state index contributed by atoms with van der Waals surface area (Å²) in [6.45, 7) is 8.25. The van der Waals surface area contributed by atoms with Crippen LogP contribution in [0.1, 0.15) is 40.0 Å². The molecule has 1 rings (SSSR count). The highest BCUT2D eigenvalue weighted by Gasteiger charge is 2.28. The Hall–Kier alpha value is -0.610. The lowest BCUT2D eigenvalue weighted by Crippen LogP contribution is -2.43. The number of carbonyl (C=O) groups excluding carboxylic acids is 1. The van der Waals surface area contributed by atoms with Crippen LogP contribution in [-0.4, -0.2) is 31.2 Å². The second kappa shape index (κ2) is 5.15. The van der Waals surface area contributed by atoms with Gasteiger partial charge in [0.15, 0.2) is 0 Å². The van der Waals surface area contributed by atoms with Crippen LogP contribution in [0.2, 0.25) is 0 Å². The first-order valence-electron chi connectivity index (χ1n) is 5.94. The summed E-state index contributed by atoms with van der Waals surface area (Å²) < 4.78 is 5.32. The van der Waals surface area contributed by atoms with Gasteiger partial charge in [0, 0.05) is 31.7 Å². The summed E-state index contributed by atoms with van der Waals surface area (Å²) in [4.78, 5) is 11.6. The Morgan fingerprint density at radius 3 is 2.50 bits per heavy atom. The first kappa shape index (κ1) is 13.5. The van der Waals surface area contributed by atoms with Gasteiger partial charge in [-0.15, -0.1) is 0 Å². The highest BCUT2D eigenvalue weighted by atomic mass is 16.5. The maximum atomic E-state index is 11.6. The van der Waals surface area contributed by atoms with Crippen LogP contribution < -0.4 is 11.1 Å². The summed E-state index contributed by atoms with van der Waals surface area (Å²) in [6.07, 6.45) is 2.40. The van der Waals surface area contributed by atoms with Crippen molar-refractivity contribution in [3.63, 3.8) is 0 Å². The number of ether oxygens (including phenoxy) is 1. The van der Waals surface area contributed by atoms with Crippen molar-refractivity contribution in [1.29, 1.82) is 0 Å². The molecule has 3 N–H and O–H groups in total. The molecule has 1 amide bonds. The molecule has 94 valence electrons.